The third-order valence-corrected chi connectivity index (χ3v) is 2.27. The number of pyridine rings is 2. The second kappa shape index (κ2) is 5.21. The van der Waals surface area contributed by atoms with Gasteiger partial charge >= 0.3 is 0 Å². The Bertz CT molecular complexity index is 511. The first-order valence-corrected chi connectivity index (χ1v) is 5.37. The first kappa shape index (κ1) is 11.3. The van der Waals surface area contributed by atoms with E-state index >= 15 is 0 Å². The van der Waals surface area contributed by atoms with E-state index in [1.54, 1.807) is 24.4 Å². The Hall–Kier alpha value is -2.23. The van der Waals surface area contributed by atoms with Crippen molar-refractivity contribution in [3.05, 3.63) is 59.7 Å². The maximum Gasteiger partial charge on any atom is 0.270 e. The van der Waals surface area contributed by atoms with E-state index in [4.69, 9.17) is 0 Å². The van der Waals surface area contributed by atoms with Gasteiger partial charge in [-0.05, 0) is 31.2 Å². The van der Waals surface area contributed by atoms with Gasteiger partial charge in [-0.1, -0.05) is 12.1 Å². The van der Waals surface area contributed by atoms with Crippen molar-refractivity contribution in [3.8, 4) is 0 Å². The van der Waals surface area contributed by atoms with Gasteiger partial charge in [-0.2, -0.15) is 0 Å². The number of hydrogen-bond donors (Lipinski definition) is 1. The summed E-state index contributed by atoms with van der Waals surface area (Å²) in [5.74, 6) is -0.186. The number of carbonyl (C=O) groups excluding carboxylic acids is 1. The lowest BCUT2D eigenvalue weighted by Gasteiger charge is -2.04. The van der Waals surface area contributed by atoms with Gasteiger partial charge in [-0.25, -0.2) is 0 Å². The summed E-state index contributed by atoms with van der Waals surface area (Å²) in [7, 11) is 0. The Labute approximate surface area is 99.7 Å². The molecule has 0 spiro atoms. The maximum atomic E-state index is 11.7. The van der Waals surface area contributed by atoms with Crippen molar-refractivity contribution in [1.29, 1.82) is 0 Å². The summed E-state index contributed by atoms with van der Waals surface area (Å²) in [4.78, 5) is 20.0. The summed E-state index contributed by atoms with van der Waals surface area (Å²) in [6.07, 6.45) is 1.60. The number of aryl methyl sites for hydroxylation is 1. The summed E-state index contributed by atoms with van der Waals surface area (Å²) >= 11 is 0. The molecule has 4 heteroatoms. The molecule has 2 heterocycles. The van der Waals surface area contributed by atoms with E-state index < -0.39 is 0 Å². The van der Waals surface area contributed by atoms with Crippen LogP contribution in [0.1, 0.15) is 21.9 Å². The van der Waals surface area contributed by atoms with E-state index in [0.29, 0.717) is 12.2 Å². The monoisotopic (exact) mass is 227 g/mol. The van der Waals surface area contributed by atoms with Crippen LogP contribution in [-0.2, 0) is 6.54 Å². The SMILES string of the molecule is Cc1cccc(CNC(=O)c2ccccn2)n1. The van der Waals surface area contributed by atoms with Gasteiger partial charge in [0.05, 0.1) is 12.2 Å². The van der Waals surface area contributed by atoms with Gasteiger partial charge in [-0.3, -0.25) is 14.8 Å². The summed E-state index contributed by atoms with van der Waals surface area (Å²) in [5, 5.41) is 2.78. The number of rotatable bonds is 3. The van der Waals surface area contributed by atoms with Crippen LogP contribution in [0.25, 0.3) is 0 Å². The largest absolute Gasteiger partial charge is 0.345 e. The maximum absolute atomic E-state index is 11.7. The fraction of sp³-hybridized carbons (Fsp3) is 0.154. The average molecular weight is 227 g/mol. The van der Waals surface area contributed by atoms with E-state index in [1.807, 2.05) is 25.1 Å². The normalized spacial score (nSPS) is 9.94. The van der Waals surface area contributed by atoms with E-state index in [9.17, 15) is 4.79 Å². The molecule has 2 rings (SSSR count). The molecule has 0 saturated heterocycles. The Morgan fingerprint density at radius 1 is 1.24 bits per heavy atom. The van der Waals surface area contributed by atoms with Crippen LogP contribution in [-0.4, -0.2) is 15.9 Å². The molecule has 0 aliphatic heterocycles. The predicted octanol–water partition coefficient (Wildman–Crippen LogP) is 1.72. The standard InChI is InChI=1S/C13H13N3O/c1-10-5-4-6-11(16-10)9-15-13(17)12-7-2-3-8-14-12/h2-8H,9H2,1H3,(H,15,17). The van der Waals surface area contributed by atoms with Crippen LogP contribution in [0.5, 0.6) is 0 Å². The molecule has 1 N–H and O–H groups in total. The lowest BCUT2D eigenvalue weighted by Crippen LogP contribution is -2.24. The Balaban J connectivity index is 1.97. The van der Waals surface area contributed by atoms with Gasteiger partial charge in [0.25, 0.3) is 5.91 Å². The molecule has 0 aliphatic rings. The second-order valence-electron chi connectivity index (χ2n) is 3.67. The number of amides is 1. The minimum Gasteiger partial charge on any atom is -0.345 e. The van der Waals surface area contributed by atoms with Gasteiger partial charge in [0, 0.05) is 11.9 Å². The van der Waals surface area contributed by atoms with Crippen LogP contribution in [0.2, 0.25) is 0 Å². The molecule has 86 valence electrons. The molecule has 0 saturated carbocycles. The van der Waals surface area contributed by atoms with Gasteiger partial charge in [0.2, 0.25) is 0 Å². The van der Waals surface area contributed by atoms with Crippen LogP contribution >= 0.6 is 0 Å². The fourth-order valence-electron chi connectivity index (χ4n) is 1.46. The van der Waals surface area contributed by atoms with Gasteiger partial charge in [0.1, 0.15) is 5.69 Å². The zero-order valence-corrected chi connectivity index (χ0v) is 9.55. The number of hydrogen-bond acceptors (Lipinski definition) is 3. The van der Waals surface area contributed by atoms with Crippen LogP contribution in [0.4, 0.5) is 0 Å². The molecular formula is C13H13N3O. The van der Waals surface area contributed by atoms with Crippen molar-refractivity contribution in [2.75, 3.05) is 0 Å². The zero-order chi connectivity index (χ0) is 12.1. The molecule has 1 amide bonds. The molecule has 0 fully saturated rings. The van der Waals surface area contributed by atoms with Crippen LogP contribution in [0.3, 0.4) is 0 Å². The van der Waals surface area contributed by atoms with Crippen LogP contribution in [0.15, 0.2) is 42.6 Å². The molecule has 0 atom stereocenters. The molecule has 2 aromatic heterocycles. The van der Waals surface area contributed by atoms with E-state index in [-0.39, 0.29) is 5.91 Å². The number of carbonyl (C=O) groups is 1. The average Bonchev–Trinajstić information content (AvgIpc) is 2.37. The summed E-state index contributed by atoms with van der Waals surface area (Å²) < 4.78 is 0. The minimum atomic E-state index is -0.186. The third-order valence-electron chi connectivity index (χ3n) is 2.27. The van der Waals surface area contributed by atoms with E-state index in [1.165, 1.54) is 0 Å². The van der Waals surface area contributed by atoms with Gasteiger partial charge in [0.15, 0.2) is 0 Å². The van der Waals surface area contributed by atoms with E-state index in [2.05, 4.69) is 15.3 Å². The van der Waals surface area contributed by atoms with Crippen LogP contribution in [0, 0.1) is 6.92 Å². The van der Waals surface area contributed by atoms with Crippen molar-refractivity contribution in [1.82, 2.24) is 15.3 Å². The quantitative estimate of drug-likeness (QED) is 0.868. The molecule has 0 aromatic carbocycles. The lowest BCUT2D eigenvalue weighted by molar-refractivity contribution is 0.0945. The van der Waals surface area contributed by atoms with Gasteiger partial charge in [-0.15, -0.1) is 0 Å². The molecule has 0 unspecified atom stereocenters. The summed E-state index contributed by atoms with van der Waals surface area (Å²) in [5.41, 5.74) is 2.20. The molecule has 2 aromatic rings. The zero-order valence-electron chi connectivity index (χ0n) is 9.55. The molecule has 4 nitrogen and oxygen atoms in total. The summed E-state index contributed by atoms with van der Waals surface area (Å²) in [6.45, 7) is 2.33. The highest BCUT2D eigenvalue weighted by Gasteiger charge is 2.05. The van der Waals surface area contributed by atoms with Crippen molar-refractivity contribution >= 4 is 5.91 Å². The van der Waals surface area contributed by atoms with Crippen molar-refractivity contribution in [2.24, 2.45) is 0 Å². The number of aromatic nitrogens is 2. The predicted molar refractivity (Wildman–Crippen MR) is 64.4 cm³/mol. The van der Waals surface area contributed by atoms with Crippen molar-refractivity contribution in [3.63, 3.8) is 0 Å². The Morgan fingerprint density at radius 3 is 2.82 bits per heavy atom. The van der Waals surface area contributed by atoms with Crippen LogP contribution < -0.4 is 5.32 Å². The molecule has 0 aliphatic carbocycles. The fourth-order valence-corrected chi connectivity index (χ4v) is 1.46. The molecule has 0 radical (unpaired) electrons. The van der Waals surface area contributed by atoms with Crippen molar-refractivity contribution < 1.29 is 4.79 Å². The third kappa shape index (κ3) is 3.11. The van der Waals surface area contributed by atoms with Crippen molar-refractivity contribution in [2.45, 2.75) is 13.5 Å². The number of nitrogens with zero attached hydrogens (tertiary/aromatic N) is 2. The smallest absolute Gasteiger partial charge is 0.270 e. The van der Waals surface area contributed by atoms with Gasteiger partial charge < -0.3 is 5.32 Å². The lowest BCUT2D eigenvalue weighted by atomic mass is 10.3. The highest BCUT2D eigenvalue weighted by atomic mass is 16.1. The molecule has 17 heavy (non-hydrogen) atoms. The highest BCUT2D eigenvalue weighted by Crippen LogP contribution is 1.99. The Morgan fingerprint density at radius 2 is 2.12 bits per heavy atom. The molecular weight excluding hydrogens is 214 g/mol. The first-order valence-electron chi connectivity index (χ1n) is 5.37. The number of nitrogens with one attached hydrogen (secondary N) is 1. The second-order valence-corrected chi connectivity index (χ2v) is 3.67. The summed E-state index contributed by atoms with van der Waals surface area (Å²) in [6, 6.07) is 11.0. The van der Waals surface area contributed by atoms with E-state index in [0.717, 1.165) is 11.4 Å². The topological polar surface area (TPSA) is 54.9 Å². The Kier molecular flexibility index (Phi) is 3.45. The minimum absolute atomic E-state index is 0.186. The highest BCUT2D eigenvalue weighted by molar-refractivity contribution is 5.92. The molecule has 0 bridgehead atoms. The first-order chi connectivity index (χ1) is 8.25.